The maximum Gasteiger partial charge on any atom is 0.137 e. The number of hydrogen-bond donors (Lipinski definition) is 0. The molecule has 5 nitrogen and oxygen atoms in total. The van der Waals surface area contributed by atoms with Gasteiger partial charge in [-0.05, 0) is 42.6 Å². The molecule has 5 heteroatoms. The number of hydrogen-bond acceptors (Lipinski definition) is 4. The summed E-state index contributed by atoms with van der Waals surface area (Å²) in [5.74, 6) is 1.56. The van der Waals surface area contributed by atoms with Gasteiger partial charge in [-0.15, -0.1) is 10.2 Å². The first-order chi connectivity index (χ1) is 12.4. The average Bonchev–Trinajstić information content (AvgIpc) is 3.12. The van der Waals surface area contributed by atoms with Gasteiger partial charge in [0.15, 0.2) is 0 Å². The van der Waals surface area contributed by atoms with Crippen molar-refractivity contribution < 1.29 is 0 Å². The van der Waals surface area contributed by atoms with E-state index in [1.165, 1.54) is 24.0 Å². The second-order valence-corrected chi connectivity index (χ2v) is 6.73. The van der Waals surface area contributed by atoms with E-state index in [-0.39, 0.29) is 0 Å². The lowest BCUT2D eigenvalue weighted by molar-refractivity contribution is 0.194. The van der Waals surface area contributed by atoms with Crippen LogP contribution in [0.4, 0.5) is 0 Å². The third-order valence-corrected chi connectivity index (χ3v) is 4.87. The zero-order chi connectivity index (χ0) is 16.9. The Labute approximate surface area is 148 Å². The third-order valence-electron chi connectivity index (χ3n) is 4.87. The molecule has 0 N–H and O–H groups in total. The monoisotopic (exact) mass is 333 g/mol. The molecule has 1 aromatic carbocycles. The summed E-state index contributed by atoms with van der Waals surface area (Å²) in [6.45, 7) is 4.00. The maximum atomic E-state index is 4.45. The van der Waals surface area contributed by atoms with Gasteiger partial charge in [-0.25, -0.2) is 0 Å². The SMILES string of the molecule is c1ccc(Cn2cnnc2[C@@H]2CCCN(Cc3ccncc3)C2)cc1. The van der Waals surface area contributed by atoms with Gasteiger partial charge in [-0.3, -0.25) is 9.88 Å². The van der Waals surface area contributed by atoms with Crippen LogP contribution in [-0.2, 0) is 13.1 Å². The van der Waals surface area contributed by atoms with Crippen molar-refractivity contribution in [2.24, 2.45) is 0 Å². The van der Waals surface area contributed by atoms with Crippen LogP contribution in [0.15, 0.2) is 61.2 Å². The molecule has 3 heterocycles. The predicted molar refractivity (Wildman–Crippen MR) is 97.1 cm³/mol. The van der Waals surface area contributed by atoms with Crippen molar-refractivity contribution >= 4 is 0 Å². The number of piperidine rings is 1. The summed E-state index contributed by atoms with van der Waals surface area (Å²) in [7, 11) is 0. The van der Waals surface area contributed by atoms with Gasteiger partial charge in [0.05, 0.1) is 6.54 Å². The molecule has 1 aliphatic heterocycles. The molecule has 0 spiro atoms. The lowest BCUT2D eigenvalue weighted by atomic mass is 9.96. The first kappa shape index (κ1) is 16.0. The van der Waals surface area contributed by atoms with E-state index < -0.39 is 0 Å². The average molecular weight is 333 g/mol. The Balaban J connectivity index is 1.46. The van der Waals surface area contributed by atoms with Crippen molar-refractivity contribution in [2.45, 2.75) is 31.8 Å². The van der Waals surface area contributed by atoms with Crippen molar-refractivity contribution in [1.29, 1.82) is 0 Å². The molecule has 0 radical (unpaired) electrons. The fourth-order valence-electron chi connectivity index (χ4n) is 3.64. The van der Waals surface area contributed by atoms with Gasteiger partial charge in [0.2, 0.25) is 0 Å². The number of nitrogens with zero attached hydrogens (tertiary/aromatic N) is 5. The molecule has 1 atom stereocenters. The molecule has 4 rings (SSSR count). The van der Waals surface area contributed by atoms with E-state index >= 15 is 0 Å². The second-order valence-electron chi connectivity index (χ2n) is 6.73. The highest BCUT2D eigenvalue weighted by atomic mass is 15.3. The number of rotatable bonds is 5. The third kappa shape index (κ3) is 3.94. The van der Waals surface area contributed by atoms with Gasteiger partial charge in [-0.1, -0.05) is 30.3 Å². The Hall–Kier alpha value is -2.53. The highest BCUT2D eigenvalue weighted by Crippen LogP contribution is 2.26. The Morgan fingerprint density at radius 1 is 0.960 bits per heavy atom. The van der Waals surface area contributed by atoms with E-state index in [9.17, 15) is 0 Å². The summed E-state index contributed by atoms with van der Waals surface area (Å²) in [5, 5.41) is 8.64. The van der Waals surface area contributed by atoms with Gasteiger partial charge < -0.3 is 4.57 Å². The first-order valence-electron chi connectivity index (χ1n) is 8.91. The summed E-state index contributed by atoms with van der Waals surface area (Å²) in [6, 6.07) is 14.7. The number of benzene rings is 1. The summed E-state index contributed by atoms with van der Waals surface area (Å²) in [4.78, 5) is 6.62. The van der Waals surface area contributed by atoms with E-state index in [1.807, 2.05) is 18.7 Å². The molecule has 0 aliphatic carbocycles. The van der Waals surface area contributed by atoms with E-state index in [2.05, 4.69) is 67.1 Å². The Morgan fingerprint density at radius 2 is 1.76 bits per heavy atom. The Kier molecular flexibility index (Phi) is 4.84. The van der Waals surface area contributed by atoms with Crippen molar-refractivity contribution in [1.82, 2.24) is 24.6 Å². The van der Waals surface area contributed by atoms with Crippen LogP contribution in [0.1, 0.15) is 35.7 Å². The van der Waals surface area contributed by atoms with E-state index in [1.54, 1.807) is 0 Å². The lowest BCUT2D eigenvalue weighted by Gasteiger charge is -2.32. The van der Waals surface area contributed by atoms with Crippen molar-refractivity contribution in [3.63, 3.8) is 0 Å². The number of likely N-dealkylation sites (tertiary alicyclic amines) is 1. The van der Waals surface area contributed by atoms with Crippen LogP contribution >= 0.6 is 0 Å². The molecule has 25 heavy (non-hydrogen) atoms. The van der Waals surface area contributed by atoms with Crippen molar-refractivity contribution in [2.75, 3.05) is 13.1 Å². The lowest BCUT2D eigenvalue weighted by Crippen LogP contribution is -2.35. The quantitative estimate of drug-likeness (QED) is 0.720. The van der Waals surface area contributed by atoms with Gasteiger partial charge >= 0.3 is 0 Å². The summed E-state index contributed by atoms with van der Waals surface area (Å²) in [6.07, 6.45) is 7.99. The molecule has 1 fully saturated rings. The van der Waals surface area contributed by atoms with Crippen LogP contribution < -0.4 is 0 Å². The first-order valence-corrected chi connectivity index (χ1v) is 8.91. The summed E-state index contributed by atoms with van der Waals surface area (Å²) in [5.41, 5.74) is 2.61. The Bertz CT molecular complexity index is 784. The topological polar surface area (TPSA) is 46.8 Å². The van der Waals surface area contributed by atoms with E-state index in [4.69, 9.17) is 0 Å². The van der Waals surface area contributed by atoms with Crippen LogP contribution in [0.2, 0.25) is 0 Å². The molecular weight excluding hydrogens is 310 g/mol. The summed E-state index contributed by atoms with van der Waals surface area (Å²) < 4.78 is 2.20. The molecule has 0 saturated carbocycles. The van der Waals surface area contributed by atoms with Crippen molar-refractivity contribution in [3.8, 4) is 0 Å². The molecular formula is C20H23N5. The fourth-order valence-corrected chi connectivity index (χ4v) is 3.64. The van der Waals surface area contributed by atoms with Gasteiger partial charge in [0, 0.05) is 31.4 Å². The van der Waals surface area contributed by atoms with Gasteiger partial charge in [0.1, 0.15) is 12.2 Å². The molecule has 128 valence electrons. The van der Waals surface area contributed by atoms with Crippen LogP contribution in [0.5, 0.6) is 0 Å². The summed E-state index contributed by atoms with van der Waals surface area (Å²) >= 11 is 0. The molecule has 1 saturated heterocycles. The predicted octanol–water partition coefficient (Wildman–Crippen LogP) is 3.10. The molecule has 3 aromatic rings. The molecule has 0 amide bonds. The number of aromatic nitrogens is 4. The minimum Gasteiger partial charge on any atom is -0.313 e. The van der Waals surface area contributed by atoms with Gasteiger partial charge in [-0.2, -0.15) is 0 Å². The highest BCUT2D eigenvalue weighted by molar-refractivity contribution is 5.16. The minimum absolute atomic E-state index is 0.446. The van der Waals surface area contributed by atoms with Crippen LogP contribution in [-0.4, -0.2) is 37.7 Å². The fraction of sp³-hybridized carbons (Fsp3) is 0.350. The molecule has 2 aromatic heterocycles. The minimum atomic E-state index is 0.446. The Morgan fingerprint density at radius 3 is 2.60 bits per heavy atom. The standard InChI is InChI=1S/C20H23N5/c1-2-5-17(6-3-1)14-25-16-22-23-20(25)19-7-4-12-24(15-19)13-18-8-10-21-11-9-18/h1-3,5-6,8-11,16,19H,4,7,12-15H2/t19-/m1/s1. The van der Waals surface area contributed by atoms with Crippen LogP contribution in [0, 0.1) is 0 Å². The molecule has 1 aliphatic rings. The van der Waals surface area contributed by atoms with Crippen LogP contribution in [0.3, 0.4) is 0 Å². The normalized spacial score (nSPS) is 18.3. The second kappa shape index (κ2) is 7.57. The molecule has 0 unspecified atom stereocenters. The zero-order valence-corrected chi connectivity index (χ0v) is 14.3. The smallest absolute Gasteiger partial charge is 0.137 e. The van der Waals surface area contributed by atoms with Gasteiger partial charge in [0.25, 0.3) is 0 Å². The molecule has 0 bridgehead atoms. The highest BCUT2D eigenvalue weighted by Gasteiger charge is 2.25. The zero-order valence-electron chi connectivity index (χ0n) is 14.3. The number of pyridine rings is 1. The van der Waals surface area contributed by atoms with E-state index in [0.717, 1.165) is 32.0 Å². The maximum absolute atomic E-state index is 4.45. The van der Waals surface area contributed by atoms with Crippen LogP contribution in [0.25, 0.3) is 0 Å². The van der Waals surface area contributed by atoms with Crippen molar-refractivity contribution in [3.05, 3.63) is 78.1 Å². The van der Waals surface area contributed by atoms with E-state index in [0.29, 0.717) is 5.92 Å². The largest absolute Gasteiger partial charge is 0.313 e.